The van der Waals surface area contributed by atoms with Crippen LogP contribution in [0.5, 0.6) is 0 Å². The molecule has 0 bridgehead atoms. The highest BCUT2D eigenvalue weighted by Crippen LogP contribution is 2.33. The van der Waals surface area contributed by atoms with Gasteiger partial charge in [0.2, 0.25) is 0 Å². The van der Waals surface area contributed by atoms with Gasteiger partial charge in [-0.05, 0) is 50.1 Å². The molecule has 1 aromatic carbocycles. The summed E-state index contributed by atoms with van der Waals surface area (Å²) in [7, 11) is 0. The second-order valence-electron chi connectivity index (χ2n) is 6.64. The number of pyridine rings is 1. The molecule has 29 heavy (non-hydrogen) atoms. The van der Waals surface area contributed by atoms with Crippen molar-refractivity contribution < 1.29 is 9.53 Å². The highest BCUT2D eigenvalue weighted by Gasteiger charge is 2.20. The van der Waals surface area contributed by atoms with Crippen LogP contribution in [-0.2, 0) is 11.3 Å². The summed E-state index contributed by atoms with van der Waals surface area (Å²) >= 11 is 6.06. The molecule has 0 aliphatic heterocycles. The van der Waals surface area contributed by atoms with E-state index in [1.807, 2.05) is 42.7 Å². The fourth-order valence-electron chi connectivity index (χ4n) is 3.37. The van der Waals surface area contributed by atoms with Crippen molar-refractivity contribution in [2.24, 2.45) is 0 Å². The summed E-state index contributed by atoms with van der Waals surface area (Å²) < 4.78 is 7.08. The second kappa shape index (κ2) is 8.38. The van der Waals surface area contributed by atoms with E-state index < -0.39 is 5.97 Å². The van der Waals surface area contributed by atoms with Crippen molar-refractivity contribution in [2.45, 2.75) is 27.3 Å². The van der Waals surface area contributed by atoms with Crippen LogP contribution in [0.1, 0.15) is 39.8 Å². The van der Waals surface area contributed by atoms with Gasteiger partial charge < -0.3 is 15.0 Å². The average molecular weight is 409 g/mol. The summed E-state index contributed by atoms with van der Waals surface area (Å²) in [4.78, 5) is 16.2. The molecule has 0 spiro atoms. The van der Waals surface area contributed by atoms with Crippen LogP contribution in [0, 0.1) is 25.2 Å². The van der Waals surface area contributed by atoms with Gasteiger partial charge in [0.15, 0.2) is 0 Å². The molecule has 3 rings (SSSR count). The maximum Gasteiger partial charge on any atom is 0.341 e. The Balaban J connectivity index is 2.05. The lowest BCUT2D eigenvalue weighted by Crippen LogP contribution is -2.09. The van der Waals surface area contributed by atoms with Gasteiger partial charge in [-0.25, -0.2) is 9.78 Å². The van der Waals surface area contributed by atoms with Crippen LogP contribution in [0.25, 0.3) is 11.1 Å². The number of carbonyl (C=O) groups is 1. The number of hydrogen-bond donors (Lipinski definition) is 1. The maximum atomic E-state index is 12.1. The smallest absolute Gasteiger partial charge is 0.341 e. The van der Waals surface area contributed by atoms with E-state index in [0.717, 1.165) is 28.1 Å². The Morgan fingerprint density at radius 3 is 2.59 bits per heavy atom. The van der Waals surface area contributed by atoms with Crippen LogP contribution >= 0.6 is 11.6 Å². The summed E-state index contributed by atoms with van der Waals surface area (Å²) in [6.45, 7) is 6.30. The summed E-state index contributed by atoms with van der Waals surface area (Å²) in [6.07, 6.45) is 1.62. The third kappa shape index (κ3) is 3.96. The number of halogens is 1. The first kappa shape index (κ1) is 20.4. The Bertz CT molecular complexity index is 1110. The zero-order valence-corrected chi connectivity index (χ0v) is 17.2. The van der Waals surface area contributed by atoms with Crippen LogP contribution < -0.4 is 5.73 Å². The Hall–Kier alpha value is -3.30. The molecular weight excluding hydrogens is 388 g/mol. The van der Waals surface area contributed by atoms with E-state index in [2.05, 4.69) is 11.1 Å². The van der Waals surface area contributed by atoms with Crippen LogP contribution in [-0.4, -0.2) is 22.1 Å². The first-order chi connectivity index (χ1) is 13.9. The van der Waals surface area contributed by atoms with Crippen molar-refractivity contribution in [1.82, 2.24) is 9.55 Å². The van der Waals surface area contributed by atoms with Crippen LogP contribution in [0.3, 0.4) is 0 Å². The van der Waals surface area contributed by atoms with E-state index in [0.29, 0.717) is 17.8 Å². The number of anilines is 1. The van der Waals surface area contributed by atoms with Gasteiger partial charge in [-0.3, -0.25) is 0 Å². The van der Waals surface area contributed by atoms with E-state index >= 15 is 0 Å². The molecule has 0 unspecified atom stereocenters. The minimum absolute atomic E-state index is 0.105. The van der Waals surface area contributed by atoms with Crippen molar-refractivity contribution in [1.29, 1.82) is 5.26 Å². The van der Waals surface area contributed by atoms with Crippen molar-refractivity contribution in [3.63, 3.8) is 0 Å². The van der Waals surface area contributed by atoms with Crippen LogP contribution in [0.2, 0.25) is 5.15 Å². The molecule has 0 atom stereocenters. The third-order valence-electron chi connectivity index (χ3n) is 4.83. The Kier molecular flexibility index (Phi) is 5.90. The number of aromatic nitrogens is 2. The number of nitriles is 1. The van der Waals surface area contributed by atoms with Crippen molar-refractivity contribution in [3.8, 4) is 17.2 Å². The predicted octanol–water partition coefficient (Wildman–Crippen LogP) is 4.50. The zero-order chi connectivity index (χ0) is 21.1. The van der Waals surface area contributed by atoms with Gasteiger partial charge in [0.05, 0.1) is 17.7 Å². The van der Waals surface area contributed by atoms with Gasteiger partial charge in [-0.1, -0.05) is 23.7 Å². The molecule has 3 aromatic rings. The molecule has 0 fully saturated rings. The van der Waals surface area contributed by atoms with Crippen molar-refractivity contribution in [2.75, 3.05) is 12.3 Å². The van der Waals surface area contributed by atoms with E-state index in [9.17, 15) is 10.1 Å². The second-order valence-corrected chi connectivity index (χ2v) is 7.00. The molecule has 2 N–H and O–H groups in total. The molecule has 0 saturated carbocycles. The summed E-state index contributed by atoms with van der Waals surface area (Å²) in [5, 5.41) is 9.86. The lowest BCUT2D eigenvalue weighted by atomic mass is 10.0. The molecule has 148 valence electrons. The van der Waals surface area contributed by atoms with Gasteiger partial charge in [0, 0.05) is 35.4 Å². The zero-order valence-electron chi connectivity index (χ0n) is 16.5. The number of ether oxygens (including phenoxy) is 1. The lowest BCUT2D eigenvalue weighted by Gasteiger charge is -2.11. The SMILES string of the molecule is CCOC(=O)c1cc(Cn2c(C)c(C#N)c(-c3ccc(N)cc3)c2C)cnc1Cl. The summed E-state index contributed by atoms with van der Waals surface area (Å²) in [5.41, 5.74) is 11.7. The number of carbonyl (C=O) groups excluding carboxylic acids is 1. The topological polar surface area (TPSA) is 93.9 Å². The first-order valence-electron chi connectivity index (χ1n) is 9.14. The van der Waals surface area contributed by atoms with Crippen molar-refractivity contribution >= 4 is 23.3 Å². The molecule has 0 amide bonds. The fraction of sp³-hybridized carbons (Fsp3) is 0.227. The maximum absolute atomic E-state index is 12.1. The number of nitrogens with two attached hydrogens (primary N) is 1. The molecule has 0 radical (unpaired) electrons. The fourth-order valence-corrected chi connectivity index (χ4v) is 3.55. The monoisotopic (exact) mass is 408 g/mol. The number of rotatable bonds is 5. The molecule has 0 aliphatic rings. The number of hydrogen-bond acceptors (Lipinski definition) is 5. The largest absolute Gasteiger partial charge is 0.462 e. The number of nitrogens with zero attached hydrogens (tertiary/aromatic N) is 3. The highest BCUT2D eigenvalue weighted by molar-refractivity contribution is 6.32. The van der Waals surface area contributed by atoms with E-state index in [-0.39, 0.29) is 17.3 Å². The predicted molar refractivity (Wildman–Crippen MR) is 113 cm³/mol. The first-order valence-corrected chi connectivity index (χ1v) is 9.52. The molecule has 0 aliphatic carbocycles. The molecule has 2 heterocycles. The average Bonchev–Trinajstić information content (AvgIpc) is 2.94. The normalized spacial score (nSPS) is 10.6. The standard InChI is InChI=1S/C22H21ClN4O2/c1-4-29-22(28)18-9-15(11-26-21(18)23)12-27-13(2)19(10-24)20(14(27)3)16-5-7-17(25)8-6-16/h5-9,11H,4,12,25H2,1-3H3. The van der Waals surface area contributed by atoms with Gasteiger partial charge in [0.25, 0.3) is 0 Å². The molecule has 7 heteroatoms. The summed E-state index contributed by atoms with van der Waals surface area (Å²) in [6, 6.07) is 11.4. The van der Waals surface area contributed by atoms with E-state index in [1.165, 1.54) is 0 Å². The van der Waals surface area contributed by atoms with Gasteiger partial charge in [0.1, 0.15) is 11.2 Å². The summed E-state index contributed by atoms with van der Waals surface area (Å²) in [5.74, 6) is -0.506. The van der Waals surface area contributed by atoms with Gasteiger partial charge in [-0.2, -0.15) is 5.26 Å². The van der Waals surface area contributed by atoms with Gasteiger partial charge >= 0.3 is 5.97 Å². The van der Waals surface area contributed by atoms with Crippen molar-refractivity contribution in [3.05, 3.63) is 69.8 Å². The van der Waals surface area contributed by atoms with Crippen LogP contribution in [0.15, 0.2) is 36.5 Å². The lowest BCUT2D eigenvalue weighted by molar-refractivity contribution is 0.0526. The van der Waals surface area contributed by atoms with E-state index in [1.54, 1.807) is 19.2 Å². The van der Waals surface area contributed by atoms with Crippen LogP contribution in [0.4, 0.5) is 5.69 Å². The molecule has 2 aromatic heterocycles. The Morgan fingerprint density at radius 1 is 1.28 bits per heavy atom. The quantitative estimate of drug-likeness (QED) is 0.381. The number of esters is 1. The van der Waals surface area contributed by atoms with E-state index in [4.69, 9.17) is 22.1 Å². The highest BCUT2D eigenvalue weighted by atomic mass is 35.5. The number of nitrogen functional groups attached to an aromatic ring is 1. The Labute approximate surface area is 174 Å². The van der Waals surface area contributed by atoms with Gasteiger partial charge in [-0.15, -0.1) is 0 Å². The molecule has 0 saturated heterocycles. The number of benzene rings is 1. The Morgan fingerprint density at radius 2 is 1.97 bits per heavy atom. The molecular formula is C22H21ClN4O2. The minimum atomic E-state index is -0.506. The molecule has 6 nitrogen and oxygen atoms in total. The minimum Gasteiger partial charge on any atom is -0.462 e. The third-order valence-corrected chi connectivity index (χ3v) is 5.13.